The van der Waals surface area contributed by atoms with Crippen LogP contribution in [0.3, 0.4) is 0 Å². The Kier molecular flexibility index (Phi) is 6.27. The number of aromatic nitrogens is 3. The highest BCUT2D eigenvalue weighted by Gasteiger charge is 2.18. The molecule has 0 aliphatic heterocycles. The number of nitrogens with one attached hydrogen (secondary N) is 1. The second kappa shape index (κ2) is 8.99. The van der Waals surface area contributed by atoms with Crippen molar-refractivity contribution >= 4 is 56.9 Å². The van der Waals surface area contributed by atoms with Crippen LogP contribution in [0.5, 0.6) is 11.5 Å². The first-order chi connectivity index (χ1) is 15.7. The summed E-state index contributed by atoms with van der Waals surface area (Å²) < 4.78 is 13.9. The number of hydrogen-bond acceptors (Lipinski definition) is 6. The fourth-order valence-electron chi connectivity index (χ4n) is 3.68. The first kappa shape index (κ1) is 23.0. The molecule has 0 saturated heterocycles. The van der Waals surface area contributed by atoms with E-state index in [1.165, 1.54) is 23.4 Å². The molecule has 4 aromatic rings. The molecule has 0 aliphatic carbocycles. The van der Waals surface area contributed by atoms with Crippen LogP contribution in [-0.2, 0) is 18.9 Å². The lowest BCUT2D eigenvalue weighted by Gasteiger charge is -2.12. The summed E-state index contributed by atoms with van der Waals surface area (Å²) in [4.78, 5) is 30.5. The van der Waals surface area contributed by atoms with E-state index in [0.29, 0.717) is 38.4 Å². The Bertz CT molecular complexity index is 1460. The monoisotopic (exact) mass is 486 g/mol. The van der Waals surface area contributed by atoms with Crippen LogP contribution < -0.4 is 20.3 Å². The van der Waals surface area contributed by atoms with Gasteiger partial charge in [0.2, 0.25) is 5.91 Å². The summed E-state index contributed by atoms with van der Waals surface area (Å²) in [6.07, 6.45) is 0. The number of carbonyl (C=O) groups excluding carboxylic acids is 1. The van der Waals surface area contributed by atoms with Crippen molar-refractivity contribution in [2.24, 2.45) is 14.1 Å². The van der Waals surface area contributed by atoms with Crippen LogP contribution in [-0.4, -0.2) is 40.0 Å². The summed E-state index contributed by atoms with van der Waals surface area (Å²) in [6.45, 7) is 1.85. The fourth-order valence-corrected chi connectivity index (χ4v) is 4.60. The van der Waals surface area contributed by atoms with Crippen molar-refractivity contribution in [1.82, 2.24) is 14.1 Å². The number of benzene rings is 2. The van der Waals surface area contributed by atoms with Crippen LogP contribution in [0.15, 0.2) is 40.3 Å². The second-order valence-corrected chi connectivity index (χ2v) is 8.89. The van der Waals surface area contributed by atoms with Gasteiger partial charge in [-0.1, -0.05) is 23.4 Å². The van der Waals surface area contributed by atoms with Crippen molar-refractivity contribution in [3.63, 3.8) is 0 Å². The third-order valence-electron chi connectivity index (χ3n) is 5.47. The smallest absolute Gasteiger partial charge is 0.278 e. The van der Waals surface area contributed by atoms with E-state index in [0.717, 1.165) is 16.5 Å². The molecule has 4 rings (SSSR count). The molecular formula is C23H23ClN4O4S. The van der Waals surface area contributed by atoms with Crippen LogP contribution >= 0.6 is 23.4 Å². The largest absolute Gasteiger partial charge is 0.497 e. The van der Waals surface area contributed by atoms with Crippen molar-refractivity contribution in [3.8, 4) is 11.5 Å². The van der Waals surface area contributed by atoms with Gasteiger partial charge in [0.25, 0.3) is 5.56 Å². The van der Waals surface area contributed by atoms with Gasteiger partial charge in [0, 0.05) is 30.6 Å². The van der Waals surface area contributed by atoms with Crippen molar-refractivity contribution in [2.45, 2.75) is 12.1 Å². The van der Waals surface area contributed by atoms with Crippen LogP contribution in [0.2, 0.25) is 5.02 Å². The highest BCUT2D eigenvalue weighted by Crippen LogP contribution is 2.32. The van der Waals surface area contributed by atoms with Gasteiger partial charge < -0.3 is 19.4 Å². The van der Waals surface area contributed by atoms with Crippen LogP contribution in [0, 0.1) is 6.92 Å². The van der Waals surface area contributed by atoms with Crippen molar-refractivity contribution in [3.05, 3.63) is 51.3 Å². The lowest BCUT2D eigenvalue weighted by molar-refractivity contribution is -0.113. The third-order valence-corrected chi connectivity index (χ3v) is 6.91. The van der Waals surface area contributed by atoms with Crippen molar-refractivity contribution in [2.75, 3.05) is 25.3 Å². The molecule has 2 aromatic carbocycles. The summed E-state index contributed by atoms with van der Waals surface area (Å²) in [5.41, 5.74) is 3.11. The van der Waals surface area contributed by atoms with Gasteiger partial charge in [-0.2, -0.15) is 0 Å². The Labute approximate surface area is 199 Å². The molecule has 33 heavy (non-hydrogen) atoms. The van der Waals surface area contributed by atoms with Gasteiger partial charge in [0.1, 0.15) is 22.5 Å². The van der Waals surface area contributed by atoms with E-state index in [4.69, 9.17) is 26.1 Å². The zero-order chi connectivity index (χ0) is 23.9. The number of anilines is 1. The fraction of sp³-hybridized carbons (Fsp3) is 0.261. The number of amides is 1. The van der Waals surface area contributed by atoms with E-state index < -0.39 is 0 Å². The van der Waals surface area contributed by atoms with Crippen LogP contribution in [0.25, 0.3) is 21.9 Å². The molecule has 1 amide bonds. The number of aryl methyl sites for hydroxylation is 2. The average molecular weight is 487 g/mol. The molecule has 2 aromatic heterocycles. The molecule has 0 unspecified atom stereocenters. The number of carbonyl (C=O) groups is 1. The summed E-state index contributed by atoms with van der Waals surface area (Å²) in [5.74, 6) is 0.956. The maximum absolute atomic E-state index is 13.1. The number of rotatable bonds is 6. The van der Waals surface area contributed by atoms with E-state index in [-0.39, 0.29) is 17.2 Å². The summed E-state index contributed by atoms with van der Waals surface area (Å²) >= 11 is 7.32. The Balaban J connectivity index is 1.65. The molecule has 0 spiro atoms. The molecule has 0 saturated carbocycles. The number of halogens is 1. The lowest BCUT2D eigenvalue weighted by atomic mass is 10.2. The lowest BCUT2D eigenvalue weighted by Crippen LogP contribution is -2.22. The van der Waals surface area contributed by atoms with Gasteiger partial charge in [-0.05, 0) is 36.8 Å². The summed E-state index contributed by atoms with van der Waals surface area (Å²) in [7, 11) is 6.59. The number of ether oxygens (including phenoxy) is 2. The number of thioether (sulfide) groups is 1. The molecule has 0 radical (unpaired) electrons. The first-order valence-electron chi connectivity index (χ1n) is 10.0. The number of hydrogen-bond donors (Lipinski definition) is 1. The zero-order valence-corrected chi connectivity index (χ0v) is 20.4. The molecule has 10 heteroatoms. The number of nitrogens with zero attached hydrogens (tertiary/aromatic N) is 3. The first-order valence-corrected chi connectivity index (χ1v) is 11.4. The molecule has 0 bridgehead atoms. The minimum atomic E-state index is -0.256. The van der Waals surface area contributed by atoms with E-state index in [1.54, 1.807) is 26.3 Å². The Hall–Kier alpha value is -3.17. The third kappa shape index (κ3) is 4.14. The summed E-state index contributed by atoms with van der Waals surface area (Å²) in [6, 6.07) is 9.02. The average Bonchev–Trinajstić information content (AvgIpc) is 3.08. The van der Waals surface area contributed by atoms with Gasteiger partial charge in [-0.15, -0.1) is 0 Å². The van der Waals surface area contributed by atoms with Gasteiger partial charge in [-0.25, -0.2) is 4.98 Å². The van der Waals surface area contributed by atoms with Crippen molar-refractivity contribution < 1.29 is 14.3 Å². The predicted molar refractivity (Wildman–Crippen MR) is 132 cm³/mol. The molecule has 0 atom stereocenters. The highest BCUT2D eigenvalue weighted by atomic mass is 35.5. The van der Waals surface area contributed by atoms with Gasteiger partial charge >= 0.3 is 0 Å². The van der Waals surface area contributed by atoms with Crippen molar-refractivity contribution in [1.29, 1.82) is 0 Å². The van der Waals surface area contributed by atoms with Crippen LogP contribution in [0.4, 0.5) is 5.69 Å². The van der Waals surface area contributed by atoms with E-state index in [2.05, 4.69) is 5.32 Å². The molecular weight excluding hydrogens is 464 g/mol. The van der Waals surface area contributed by atoms with E-state index >= 15 is 0 Å². The highest BCUT2D eigenvalue weighted by molar-refractivity contribution is 7.99. The Morgan fingerprint density at radius 2 is 1.91 bits per heavy atom. The summed E-state index contributed by atoms with van der Waals surface area (Å²) in [5, 5.41) is 4.65. The maximum atomic E-state index is 13.1. The second-order valence-electron chi connectivity index (χ2n) is 7.54. The topological polar surface area (TPSA) is 87.4 Å². The molecule has 0 fully saturated rings. The number of fused-ring (bicyclic) bond motifs is 3. The van der Waals surface area contributed by atoms with E-state index in [9.17, 15) is 9.59 Å². The quantitative estimate of drug-likeness (QED) is 0.325. The minimum absolute atomic E-state index is 0.0602. The maximum Gasteiger partial charge on any atom is 0.278 e. The molecule has 0 aliphatic rings. The van der Waals surface area contributed by atoms with Crippen LogP contribution in [0.1, 0.15) is 5.56 Å². The Morgan fingerprint density at radius 1 is 1.15 bits per heavy atom. The SMILES string of the molecule is COc1ccc2c(c1)c1nc(SCC(=O)Nc3cc(C)c(Cl)cc3OC)n(C)c(=O)c1n2C. The molecule has 8 nitrogen and oxygen atoms in total. The number of methoxy groups -OCH3 is 2. The molecule has 1 N–H and O–H groups in total. The Morgan fingerprint density at radius 3 is 2.61 bits per heavy atom. The standard InChI is InChI=1S/C23H23ClN4O4S/c1-12-8-16(18(32-5)10-15(12)24)25-19(29)11-33-23-26-20-14-9-13(31-4)6-7-17(14)27(2)21(20)22(30)28(23)3/h6-10H,11H2,1-5H3,(H,25,29). The molecule has 172 valence electrons. The minimum Gasteiger partial charge on any atom is -0.497 e. The molecule has 2 heterocycles. The predicted octanol–water partition coefficient (Wildman–Crippen LogP) is 4.14. The van der Waals surface area contributed by atoms with E-state index in [1.807, 2.05) is 36.7 Å². The van der Waals surface area contributed by atoms with Gasteiger partial charge in [0.15, 0.2) is 5.16 Å². The normalized spacial score (nSPS) is 11.2. The zero-order valence-electron chi connectivity index (χ0n) is 18.9. The van der Waals surface area contributed by atoms with Gasteiger partial charge in [-0.3, -0.25) is 14.2 Å². The van der Waals surface area contributed by atoms with Gasteiger partial charge in [0.05, 0.1) is 31.2 Å².